The van der Waals surface area contributed by atoms with Crippen molar-refractivity contribution in [1.82, 2.24) is 4.90 Å². The van der Waals surface area contributed by atoms with E-state index in [0.29, 0.717) is 0 Å². The highest BCUT2D eigenvalue weighted by Gasteiger charge is 2.20. The van der Waals surface area contributed by atoms with E-state index >= 15 is 0 Å². The summed E-state index contributed by atoms with van der Waals surface area (Å²) >= 11 is 0. The summed E-state index contributed by atoms with van der Waals surface area (Å²) in [6.45, 7) is 9.62. The van der Waals surface area contributed by atoms with E-state index in [1.807, 2.05) is 0 Å². The van der Waals surface area contributed by atoms with Crippen LogP contribution >= 0.6 is 0 Å². The summed E-state index contributed by atoms with van der Waals surface area (Å²) in [5, 5.41) is 0. The van der Waals surface area contributed by atoms with Gasteiger partial charge in [0.2, 0.25) is 0 Å². The summed E-state index contributed by atoms with van der Waals surface area (Å²) < 4.78 is 0. The third-order valence-corrected chi connectivity index (χ3v) is 2.99. The first-order valence-electron chi connectivity index (χ1n) is 5.33. The molecule has 0 saturated carbocycles. The molecule has 2 heteroatoms. The fraction of sp³-hybridized carbons (Fsp3) is 1.00. The first-order chi connectivity index (χ1) is 5.59. The van der Waals surface area contributed by atoms with Crippen molar-refractivity contribution in [2.24, 2.45) is 5.92 Å². The molecule has 1 rings (SSSR count). The van der Waals surface area contributed by atoms with E-state index < -0.39 is 0 Å². The van der Waals surface area contributed by atoms with E-state index in [9.17, 15) is 0 Å². The van der Waals surface area contributed by atoms with Crippen molar-refractivity contribution < 1.29 is 0 Å². The van der Waals surface area contributed by atoms with Gasteiger partial charge in [0.15, 0.2) is 0 Å². The van der Waals surface area contributed by atoms with Gasteiger partial charge in [-0.3, -0.25) is 0 Å². The molecule has 1 saturated heterocycles. The van der Waals surface area contributed by atoms with E-state index in [1.54, 1.807) is 0 Å². The van der Waals surface area contributed by atoms with Crippen LogP contribution in [0.1, 0.15) is 33.6 Å². The van der Waals surface area contributed by atoms with Crippen molar-refractivity contribution in [2.45, 2.75) is 45.5 Å². The van der Waals surface area contributed by atoms with E-state index in [0.717, 1.165) is 17.8 Å². The van der Waals surface area contributed by atoms with Crippen LogP contribution in [0.4, 0.5) is 0 Å². The van der Waals surface area contributed by atoms with Crippen LogP contribution in [0.15, 0.2) is 0 Å². The predicted octanol–water partition coefficient (Wildman–Crippen LogP) is 1.55. The van der Waals surface area contributed by atoms with Gasteiger partial charge in [-0.05, 0) is 32.7 Å². The molecule has 0 bridgehead atoms. The first kappa shape index (κ1) is 10.1. The van der Waals surface area contributed by atoms with Crippen molar-refractivity contribution in [1.29, 1.82) is 0 Å². The molecule has 1 nitrogen and oxygen atoms in total. The van der Waals surface area contributed by atoms with Crippen LogP contribution < -0.4 is 0 Å². The lowest BCUT2D eigenvalue weighted by Gasteiger charge is -2.26. The van der Waals surface area contributed by atoms with Crippen molar-refractivity contribution in [2.75, 3.05) is 13.1 Å². The molecule has 0 N–H and O–H groups in total. The molecule has 0 radical (unpaired) electrons. The molecule has 0 aliphatic carbocycles. The predicted molar refractivity (Wildman–Crippen MR) is 57.4 cm³/mol. The Kier molecular flexibility index (Phi) is 3.63. The van der Waals surface area contributed by atoms with Gasteiger partial charge in [0.1, 0.15) is 7.85 Å². The summed E-state index contributed by atoms with van der Waals surface area (Å²) in [5.41, 5.74) is 0. The standard InChI is InChI=1S/C10H22BN/c1-8(2)12-5-4-10(11)6-9(3)7-12/h8-10H,4-7,11H2,1-3H3. The van der Waals surface area contributed by atoms with Crippen LogP contribution in [0.5, 0.6) is 0 Å². The Morgan fingerprint density at radius 1 is 1.42 bits per heavy atom. The van der Waals surface area contributed by atoms with E-state index in [-0.39, 0.29) is 0 Å². The molecule has 2 unspecified atom stereocenters. The smallest absolute Gasteiger partial charge is 0.105 e. The summed E-state index contributed by atoms with van der Waals surface area (Å²) in [6, 6.07) is 0.734. The molecule has 0 spiro atoms. The molecule has 1 aliphatic rings. The Bertz CT molecular complexity index is 136. The van der Waals surface area contributed by atoms with Gasteiger partial charge in [-0.2, -0.15) is 0 Å². The molecule has 0 aromatic heterocycles. The van der Waals surface area contributed by atoms with Gasteiger partial charge < -0.3 is 4.90 Å². The van der Waals surface area contributed by atoms with Crippen LogP contribution in [0.3, 0.4) is 0 Å². The van der Waals surface area contributed by atoms with Crippen molar-refractivity contribution in [3.63, 3.8) is 0 Å². The van der Waals surface area contributed by atoms with Crippen molar-refractivity contribution >= 4 is 7.85 Å². The second-order valence-corrected chi connectivity index (χ2v) is 4.82. The molecular weight excluding hydrogens is 145 g/mol. The molecule has 0 aromatic carbocycles. The second-order valence-electron chi connectivity index (χ2n) is 4.82. The maximum atomic E-state index is 2.62. The van der Waals surface area contributed by atoms with Gasteiger partial charge in [0, 0.05) is 12.6 Å². The Morgan fingerprint density at radius 2 is 2.08 bits per heavy atom. The maximum Gasteiger partial charge on any atom is 0.105 e. The zero-order valence-electron chi connectivity index (χ0n) is 9.01. The van der Waals surface area contributed by atoms with E-state index in [1.165, 1.54) is 25.9 Å². The van der Waals surface area contributed by atoms with E-state index in [4.69, 9.17) is 0 Å². The topological polar surface area (TPSA) is 3.24 Å². The molecule has 1 fully saturated rings. The SMILES string of the molecule is BC1CCN(C(C)C)CC(C)C1. The molecule has 12 heavy (non-hydrogen) atoms. The third kappa shape index (κ3) is 2.82. The Balaban J connectivity index is 2.46. The molecule has 0 aromatic rings. The van der Waals surface area contributed by atoms with Crippen molar-refractivity contribution in [3.05, 3.63) is 0 Å². The van der Waals surface area contributed by atoms with Crippen LogP contribution in [0.25, 0.3) is 0 Å². The zero-order valence-corrected chi connectivity index (χ0v) is 9.01. The molecule has 70 valence electrons. The van der Waals surface area contributed by atoms with Gasteiger partial charge in [0.05, 0.1) is 0 Å². The third-order valence-electron chi connectivity index (χ3n) is 2.99. The van der Waals surface area contributed by atoms with Crippen LogP contribution in [-0.4, -0.2) is 31.9 Å². The Labute approximate surface area is 77.9 Å². The average molecular weight is 167 g/mol. The Morgan fingerprint density at radius 3 is 2.67 bits per heavy atom. The van der Waals surface area contributed by atoms with Crippen molar-refractivity contribution in [3.8, 4) is 0 Å². The maximum absolute atomic E-state index is 2.62. The van der Waals surface area contributed by atoms with Gasteiger partial charge in [-0.1, -0.05) is 19.2 Å². The minimum atomic E-state index is 0.734. The monoisotopic (exact) mass is 167 g/mol. The largest absolute Gasteiger partial charge is 0.301 e. The number of likely N-dealkylation sites (tertiary alicyclic amines) is 1. The molecule has 1 heterocycles. The molecule has 2 atom stereocenters. The lowest BCUT2D eigenvalue weighted by molar-refractivity contribution is 0.208. The number of hydrogen-bond acceptors (Lipinski definition) is 1. The van der Waals surface area contributed by atoms with Gasteiger partial charge >= 0.3 is 0 Å². The summed E-state index contributed by atoms with van der Waals surface area (Å²) in [5.74, 6) is 1.83. The summed E-state index contributed by atoms with van der Waals surface area (Å²) in [7, 11) is 2.39. The minimum Gasteiger partial charge on any atom is -0.301 e. The average Bonchev–Trinajstić information content (AvgIpc) is 2.11. The van der Waals surface area contributed by atoms with Gasteiger partial charge in [-0.15, -0.1) is 0 Å². The zero-order chi connectivity index (χ0) is 9.14. The quantitative estimate of drug-likeness (QED) is 0.535. The number of hydrogen-bond donors (Lipinski definition) is 0. The highest BCUT2D eigenvalue weighted by atomic mass is 15.1. The molecule has 1 aliphatic heterocycles. The highest BCUT2D eigenvalue weighted by molar-refractivity contribution is 6.11. The van der Waals surface area contributed by atoms with Crippen LogP contribution in [0.2, 0.25) is 5.82 Å². The van der Waals surface area contributed by atoms with E-state index in [2.05, 4.69) is 33.5 Å². The minimum absolute atomic E-state index is 0.734. The van der Waals surface area contributed by atoms with Gasteiger partial charge in [-0.25, -0.2) is 0 Å². The van der Waals surface area contributed by atoms with Gasteiger partial charge in [0.25, 0.3) is 0 Å². The van der Waals surface area contributed by atoms with Crippen LogP contribution in [0, 0.1) is 5.92 Å². The van der Waals surface area contributed by atoms with Crippen LogP contribution in [-0.2, 0) is 0 Å². The fourth-order valence-electron chi connectivity index (χ4n) is 2.23. The summed E-state index contributed by atoms with van der Waals surface area (Å²) in [4.78, 5) is 2.62. The molecular formula is C10H22BN. The lowest BCUT2D eigenvalue weighted by Crippen LogP contribution is -2.33. The fourth-order valence-corrected chi connectivity index (χ4v) is 2.23. The summed E-state index contributed by atoms with van der Waals surface area (Å²) in [6.07, 6.45) is 2.81. The lowest BCUT2D eigenvalue weighted by atomic mass is 9.79. The highest BCUT2D eigenvalue weighted by Crippen LogP contribution is 2.24. The number of rotatable bonds is 1. The number of nitrogens with zero attached hydrogens (tertiary/aromatic N) is 1. The Hall–Kier alpha value is 0.0249. The molecule has 0 amide bonds. The first-order valence-corrected chi connectivity index (χ1v) is 5.33. The normalized spacial score (nSPS) is 33.7. The second kappa shape index (κ2) is 4.31.